The lowest BCUT2D eigenvalue weighted by Crippen LogP contribution is -2.13. The summed E-state index contributed by atoms with van der Waals surface area (Å²) in [5, 5.41) is 8.85. The van der Waals surface area contributed by atoms with Crippen molar-refractivity contribution in [2.45, 2.75) is 6.92 Å². The van der Waals surface area contributed by atoms with E-state index in [4.69, 9.17) is 5.11 Å². The third-order valence-corrected chi connectivity index (χ3v) is 2.29. The first-order valence-corrected chi connectivity index (χ1v) is 6.00. The number of carboxylic acids is 1. The molecule has 2 N–H and O–H groups in total. The summed E-state index contributed by atoms with van der Waals surface area (Å²) >= 11 is 0. The van der Waals surface area contributed by atoms with Gasteiger partial charge < -0.3 is 5.11 Å². The average Bonchev–Trinajstić information content (AvgIpc) is 2.05. The number of aromatic carboxylic acids is 1. The standard InChI is InChI=1S/C9H11NO4S/c1-6-3-4-8(10-15(2,13)14)7(5-6)9(11)12/h3-5,10H,1-2H3,(H,11,12). The van der Waals surface area contributed by atoms with Gasteiger partial charge in [-0.15, -0.1) is 0 Å². The van der Waals surface area contributed by atoms with E-state index in [1.54, 1.807) is 13.0 Å². The molecule has 5 nitrogen and oxygen atoms in total. The number of carboxylic acid groups (broad SMARTS) is 1. The van der Waals surface area contributed by atoms with E-state index < -0.39 is 16.0 Å². The Morgan fingerprint density at radius 3 is 2.47 bits per heavy atom. The highest BCUT2D eigenvalue weighted by Crippen LogP contribution is 2.18. The Kier molecular flexibility index (Phi) is 2.99. The van der Waals surface area contributed by atoms with Crippen LogP contribution in [-0.4, -0.2) is 25.7 Å². The summed E-state index contributed by atoms with van der Waals surface area (Å²) in [5.41, 5.74) is 0.780. The van der Waals surface area contributed by atoms with E-state index >= 15 is 0 Å². The van der Waals surface area contributed by atoms with Crippen LogP contribution >= 0.6 is 0 Å². The number of sulfonamides is 1. The highest BCUT2D eigenvalue weighted by molar-refractivity contribution is 7.92. The van der Waals surface area contributed by atoms with Crippen LogP contribution < -0.4 is 4.72 Å². The molecule has 1 rings (SSSR count). The fourth-order valence-corrected chi connectivity index (χ4v) is 1.70. The Morgan fingerprint density at radius 1 is 1.40 bits per heavy atom. The van der Waals surface area contributed by atoms with Crippen LogP contribution in [0.1, 0.15) is 15.9 Å². The van der Waals surface area contributed by atoms with Crippen LogP contribution in [0.5, 0.6) is 0 Å². The molecule has 0 aromatic heterocycles. The van der Waals surface area contributed by atoms with Crippen molar-refractivity contribution in [3.8, 4) is 0 Å². The summed E-state index contributed by atoms with van der Waals surface area (Å²) in [6, 6.07) is 4.48. The molecular weight excluding hydrogens is 218 g/mol. The Balaban J connectivity index is 3.24. The molecule has 0 saturated carbocycles. The van der Waals surface area contributed by atoms with E-state index in [9.17, 15) is 13.2 Å². The lowest BCUT2D eigenvalue weighted by molar-refractivity contribution is 0.0698. The van der Waals surface area contributed by atoms with E-state index in [0.717, 1.165) is 11.8 Å². The van der Waals surface area contributed by atoms with Crippen molar-refractivity contribution in [1.82, 2.24) is 0 Å². The fourth-order valence-electron chi connectivity index (χ4n) is 1.12. The predicted octanol–water partition coefficient (Wildman–Crippen LogP) is 1.06. The molecule has 0 heterocycles. The molecule has 0 aliphatic rings. The number of benzene rings is 1. The maximum Gasteiger partial charge on any atom is 0.337 e. The number of carbonyl (C=O) groups is 1. The molecule has 0 aliphatic heterocycles. The molecule has 0 aliphatic carbocycles. The predicted molar refractivity (Wildman–Crippen MR) is 56.6 cm³/mol. The third-order valence-electron chi connectivity index (χ3n) is 1.70. The fraction of sp³-hybridized carbons (Fsp3) is 0.222. The molecule has 0 amide bonds. The second kappa shape index (κ2) is 3.90. The first-order chi connectivity index (χ1) is 6.79. The summed E-state index contributed by atoms with van der Waals surface area (Å²) in [6.45, 7) is 1.73. The molecule has 0 fully saturated rings. The topological polar surface area (TPSA) is 83.5 Å². The Labute approximate surface area is 87.8 Å². The molecule has 0 unspecified atom stereocenters. The smallest absolute Gasteiger partial charge is 0.337 e. The zero-order valence-corrected chi connectivity index (χ0v) is 9.13. The largest absolute Gasteiger partial charge is 0.478 e. The molecule has 1 aromatic carbocycles. The summed E-state index contributed by atoms with van der Waals surface area (Å²) in [5.74, 6) is -1.16. The first-order valence-electron chi connectivity index (χ1n) is 4.11. The maximum absolute atomic E-state index is 11.0. The molecule has 1 aromatic rings. The Bertz CT molecular complexity index is 493. The minimum absolute atomic E-state index is 0.0552. The number of anilines is 1. The van der Waals surface area contributed by atoms with Gasteiger partial charge in [0.15, 0.2) is 0 Å². The van der Waals surface area contributed by atoms with Crippen LogP contribution in [0.15, 0.2) is 18.2 Å². The van der Waals surface area contributed by atoms with Crippen molar-refractivity contribution in [2.75, 3.05) is 11.0 Å². The zero-order chi connectivity index (χ0) is 11.6. The maximum atomic E-state index is 11.0. The lowest BCUT2D eigenvalue weighted by atomic mass is 10.1. The summed E-state index contributed by atoms with van der Waals surface area (Å²) in [6.07, 6.45) is 0.971. The van der Waals surface area contributed by atoms with Crippen molar-refractivity contribution in [3.63, 3.8) is 0 Å². The van der Waals surface area contributed by atoms with E-state index in [0.29, 0.717) is 0 Å². The summed E-state index contributed by atoms with van der Waals surface area (Å²) < 4.78 is 24.1. The van der Waals surface area contributed by atoms with Gasteiger partial charge in [0.1, 0.15) is 0 Å². The number of hydrogen-bond acceptors (Lipinski definition) is 3. The minimum atomic E-state index is -3.46. The van der Waals surface area contributed by atoms with E-state index in [2.05, 4.69) is 4.72 Å². The second-order valence-corrected chi connectivity index (χ2v) is 4.98. The normalized spacial score (nSPS) is 11.1. The van der Waals surface area contributed by atoms with Crippen molar-refractivity contribution < 1.29 is 18.3 Å². The highest BCUT2D eigenvalue weighted by atomic mass is 32.2. The minimum Gasteiger partial charge on any atom is -0.478 e. The van der Waals surface area contributed by atoms with E-state index in [-0.39, 0.29) is 11.3 Å². The van der Waals surface area contributed by atoms with Gasteiger partial charge in [0.25, 0.3) is 0 Å². The molecule has 0 spiro atoms. The number of rotatable bonds is 3. The SMILES string of the molecule is Cc1ccc(NS(C)(=O)=O)c(C(=O)O)c1. The first kappa shape index (κ1) is 11.5. The lowest BCUT2D eigenvalue weighted by Gasteiger charge is -2.08. The van der Waals surface area contributed by atoms with Crippen molar-refractivity contribution >= 4 is 21.7 Å². The third kappa shape index (κ3) is 3.25. The summed E-state index contributed by atoms with van der Waals surface area (Å²) in [7, 11) is -3.46. The molecule has 82 valence electrons. The summed E-state index contributed by atoms with van der Waals surface area (Å²) in [4.78, 5) is 10.8. The molecular formula is C9H11NO4S. The van der Waals surface area contributed by atoms with Gasteiger partial charge in [-0.05, 0) is 19.1 Å². The van der Waals surface area contributed by atoms with Gasteiger partial charge in [-0.25, -0.2) is 13.2 Å². The van der Waals surface area contributed by atoms with E-state index in [1.807, 2.05) is 0 Å². The molecule has 0 radical (unpaired) electrons. The highest BCUT2D eigenvalue weighted by Gasteiger charge is 2.12. The molecule has 6 heteroatoms. The molecule has 0 saturated heterocycles. The van der Waals surface area contributed by atoms with Crippen molar-refractivity contribution in [1.29, 1.82) is 0 Å². The zero-order valence-electron chi connectivity index (χ0n) is 8.31. The number of aryl methyl sites for hydroxylation is 1. The van der Waals surface area contributed by atoms with Gasteiger partial charge in [-0.3, -0.25) is 4.72 Å². The second-order valence-electron chi connectivity index (χ2n) is 3.23. The van der Waals surface area contributed by atoms with Gasteiger partial charge in [0, 0.05) is 0 Å². The molecule has 15 heavy (non-hydrogen) atoms. The van der Waals surface area contributed by atoms with Crippen LogP contribution in [-0.2, 0) is 10.0 Å². The van der Waals surface area contributed by atoms with Crippen LogP contribution in [0.2, 0.25) is 0 Å². The monoisotopic (exact) mass is 229 g/mol. The van der Waals surface area contributed by atoms with Crippen LogP contribution in [0, 0.1) is 6.92 Å². The van der Waals surface area contributed by atoms with Crippen molar-refractivity contribution in [2.24, 2.45) is 0 Å². The van der Waals surface area contributed by atoms with E-state index in [1.165, 1.54) is 12.1 Å². The van der Waals surface area contributed by atoms with Gasteiger partial charge >= 0.3 is 5.97 Å². The Morgan fingerprint density at radius 2 is 2.00 bits per heavy atom. The molecule has 0 bridgehead atoms. The van der Waals surface area contributed by atoms with Gasteiger partial charge in [-0.1, -0.05) is 11.6 Å². The Hall–Kier alpha value is -1.56. The van der Waals surface area contributed by atoms with Crippen LogP contribution in [0.3, 0.4) is 0 Å². The van der Waals surface area contributed by atoms with Crippen LogP contribution in [0.25, 0.3) is 0 Å². The van der Waals surface area contributed by atoms with Crippen LogP contribution in [0.4, 0.5) is 5.69 Å². The number of nitrogens with one attached hydrogen (secondary N) is 1. The average molecular weight is 229 g/mol. The quantitative estimate of drug-likeness (QED) is 0.811. The van der Waals surface area contributed by atoms with Crippen molar-refractivity contribution in [3.05, 3.63) is 29.3 Å². The van der Waals surface area contributed by atoms with Gasteiger partial charge in [0.2, 0.25) is 10.0 Å². The van der Waals surface area contributed by atoms with Gasteiger partial charge in [-0.2, -0.15) is 0 Å². The van der Waals surface area contributed by atoms with Gasteiger partial charge in [0.05, 0.1) is 17.5 Å². The number of hydrogen-bond donors (Lipinski definition) is 2. The molecule has 0 atom stereocenters.